The lowest BCUT2D eigenvalue weighted by atomic mass is 10.4. The van der Waals surface area contributed by atoms with Crippen molar-refractivity contribution in [2.75, 3.05) is 11.9 Å². The molecule has 0 saturated heterocycles. The number of nitrogens with zero attached hydrogens (tertiary/aromatic N) is 2. The van der Waals surface area contributed by atoms with Gasteiger partial charge in [-0.3, -0.25) is 0 Å². The molecule has 1 rings (SSSR count). The van der Waals surface area contributed by atoms with E-state index in [2.05, 4.69) is 43.4 Å². The molecule has 0 aliphatic heterocycles. The van der Waals surface area contributed by atoms with E-state index >= 15 is 0 Å². The minimum Gasteiger partial charge on any atom is -0.370 e. The van der Waals surface area contributed by atoms with E-state index in [9.17, 15) is 0 Å². The number of allylic oxidation sites excluding steroid dienone is 1. The van der Waals surface area contributed by atoms with Gasteiger partial charge in [-0.2, -0.15) is 0 Å². The van der Waals surface area contributed by atoms with Crippen molar-refractivity contribution in [1.29, 1.82) is 0 Å². The Kier molecular flexibility index (Phi) is 5.32. The fourth-order valence-corrected chi connectivity index (χ4v) is 1.59. The van der Waals surface area contributed by atoms with Crippen LogP contribution < -0.4 is 5.32 Å². The molecule has 4 heteroatoms. The third-order valence-electron chi connectivity index (χ3n) is 1.91. The number of rotatable bonds is 5. The van der Waals surface area contributed by atoms with E-state index in [1.165, 1.54) is 0 Å². The van der Waals surface area contributed by atoms with Gasteiger partial charge in [0.05, 0.1) is 0 Å². The number of nitrogens with one attached hydrogen (secondary N) is 1. The Morgan fingerprint density at radius 3 is 2.93 bits per heavy atom. The van der Waals surface area contributed by atoms with Crippen molar-refractivity contribution < 1.29 is 0 Å². The van der Waals surface area contributed by atoms with Crippen LogP contribution in [0.3, 0.4) is 0 Å². The molecule has 0 radical (unpaired) electrons. The molecule has 3 nitrogen and oxygen atoms in total. The van der Waals surface area contributed by atoms with Gasteiger partial charge in [-0.05, 0) is 29.3 Å². The van der Waals surface area contributed by atoms with Gasteiger partial charge in [-0.15, -0.1) is 0 Å². The third kappa shape index (κ3) is 4.42. The molecule has 1 aromatic rings. The fourth-order valence-electron chi connectivity index (χ4n) is 1.16. The van der Waals surface area contributed by atoms with E-state index < -0.39 is 0 Å². The molecule has 0 aliphatic rings. The van der Waals surface area contributed by atoms with E-state index in [0.717, 1.165) is 35.6 Å². The Hall–Kier alpha value is -0.900. The molecule has 0 aliphatic carbocycles. The van der Waals surface area contributed by atoms with Crippen LogP contribution in [0.5, 0.6) is 0 Å². The van der Waals surface area contributed by atoms with Crippen molar-refractivity contribution in [3.8, 4) is 0 Å². The van der Waals surface area contributed by atoms with Crippen LogP contribution in [0, 0.1) is 0 Å². The molecule has 1 N–H and O–H groups in total. The average Bonchev–Trinajstić information content (AvgIpc) is 2.23. The minimum absolute atomic E-state index is 0.836. The topological polar surface area (TPSA) is 37.8 Å². The average molecular weight is 270 g/mol. The Morgan fingerprint density at radius 2 is 2.27 bits per heavy atom. The zero-order valence-electron chi connectivity index (χ0n) is 9.13. The van der Waals surface area contributed by atoms with Crippen LogP contribution in [0.25, 0.3) is 0 Å². The normalized spacial score (nSPS) is 10.9. The van der Waals surface area contributed by atoms with Crippen LogP contribution in [0.4, 0.5) is 5.82 Å². The van der Waals surface area contributed by atoms with E-state index in [0.29, 0.717) is 0 Å². The van der Waals surface area contributed by atoms with E-state index in [-0.39, 0.29) is 0 Å². The summed E-state index contributed by atoms with van der Waals surface area (Å²) in [5.41, 5.74) is 0. The number of aromatic nitrogens is 2. The quantitative estimate of drug-likeness (QED) is 0.507. The lowest BCUT2D eigenvalue weighted by Gasteiger charge is -2.05. The van der Waals surface area contributed by atoms with Crippen molar-refractivity contribution in [1.82, 2.24) is 9.97 Å². The maximum Gasteiger partial charge on any atom is 0.131 e. The second kappa shape index (κ2) is 6.56. The summed E-state index contributed by atoms with van der Waals surface area (Å²) in [6.45, 7) is 4.97. The first-order valence-corrected chi connectivity index (χ1v) is 5.94. The standard InChI is InChI=1S/C11H16BrN3/c1-3-5-6-7-13-11-8-9(12)14-10(4-2)15-11/h3,5,8H,4,6-7H2,1-2H3,(H,13,14,15)/b5-3+. The highest BCUT2D eigenvalue weighted by Gasteiger charge is 1.99. The number of aryl methyl sites for hydroxylation is 1. The molecule has 15 heavy (non-hydrogen) atoms. The van der Waals surface area contributed by atoms with Gasteiger partial charge in [-0.1, -0.05) is 19.1 Å². The van der Waals surface area contributed by atoms with Gasteiger partial charge >= 0.3 is 0 Å². The molecule has 0 saturated carbocycles. The number of halogens is 1. The van der Waals surface area contributed by atoms with E-state index in [1.54, 1.807) is 0 Å². The molecule has 1 heterocycles. The van der Waals surface area contributed by atoms with Crippen molar-refractivity contribution in [3.05, 3.63) is 28.6 Å². The van der Waals surface area contributed by atoms with Gasteiger partial charge in [0.1, 0.15) is 16.2 Å². The molecule has 82 valence electrons. The van der Waals surface area contributed by atoms with Crippen LogP contribution in [-0.4, -0.2) is 16.5 Å². The zero-order chi connectivity index (χ0) is 11.1. The molecular weight excluding hydrogens is 254 g/mol. The summed E-state index contributed by atoms with van der Waals surface area (Å²) < 4.78 is 0.836. The van der Waals surface area contributed by atoms with Gasteiger partial charge in [0.25, 0.3) is 0 Å². The molecule has 0 aromatic carbocycles. The predicted molar refractivity (Wildman–Crippen MR) is 67.0 cm³/mol. The van der Waals surface area contributed by atoms with Crippen molar-refractivity contribution in [2.45, 2.75) is 26.7 Å². The van der Waals surface area contributed by atoms with Crippen LogP contribution in [0.2, 0.25) is 0 Å². The number of hydrogen-bond acceptors (Lipinski definition) is 3. The first-order chi connectivity index (χ1) is 7.26. The van der Waals surface area contributed by atoms with Crippen LogP contribution >= 0.6 is 15.9 Å². The lowest BCUT2D eigenvalue weighted by Crippen LogP contribution is -2.05. The second-order valence-electron chi connectivity index (χ2n) is 3.13. The van der Waals surface area contributed by atoms with Crippen molar-refractivity contribution in [3.63, 3.8) is 0 Å². The van der Waals surface area contributed by atoms with E-state index in [1.807, 2.05) is 19.9 Å². The Labute approximate surface area is 99.2 Å². The van der Waals surface area contributed by atoms with Crippen LogP contribution in [0.15, 0.2) is 22.8 Å². The van der Waals surface area contributed by atoms with Crippen molar-refractivity contribution >= 4 is 21.7 Å². The molecule has 0 atom stereocenters. The van der Waals surface area contributed by atoms with Gasteiger partial charge < -0.3 is 5.32 Å². The van der Waals surface area contributed by atoms with Gasteiger partial charge in [0.15, 0.2) is 0 Å². The Balaban J connectivity index is 2.56. The molecule has 0 unspecified atom stereocenters. The van der Waals surface area contributed by atoms with Gasteiger partial charge in [-0.25, -0.2) is 9.97 Å². The maximum atomic E-state index is 4.37. The zero-order valence-corrected chi connectivity index (χ0v) is 10.7. The third-order valence-corrected chi connectivity index (χ3v) is 2.32. The highest BCUT2D eigenvalue weighted by molar-refractivity contribution is 9.10. The summed E-state index contributed by atoms with van der Waals surface area (Å²) in [6, 6.07) is 1.90. The molecule has 0 bridgehead atoms. The summed E-state index contributed by atoms with van der Waals surface area (Å²) in [7, 11) is 0. The Morgan fingerprint density at radius 1 is 1.47 bits per heavy atom. The Bertz CT molecular complexity index is 337. The maximum absolute atomic E-state index is 4.37. The van der Waals surface area contributed by atoms with Gasteiger partial charge in [0, 0.05) is 19.0 Å². The van der Waals surface area contributed by atoms with Gasteiger partial charge in [0.2, 0.25) is 0 Å². The summed E-state index contributed by atoms with van der Waals surface area (Å²) in [5.74, 6) is 1.75. The predicted octanol–water partition coefficient (Wildman–Crippen LogP) is 3.18. The molecule has 0 fully saturated rings. The molecular formula is C11H16BrN3. The number of hydrogen-bond donors (Lipinski definition) is 1. The van der Waals surface area contributed by atoms with E-state index in [4.69, 9.17) is 0 Å². The smallest absolute Gasteiger partial charge is 0.131 e. The molecule has 0 amide bonds. The van der Waals surface area contributed by atoms with Crippen LogP contribution in [-0.2, 0) is 6.42 Å². The fraction of sp³-hybridized carbons (Fsp3) is 0.455. The summed E-state index contributed by atoms with van der Waals surface area (Å²) in [4.78, 5) is 8.62. The molecule has 1 aromatic heterocycles. The highest BCUT2D eigenvalue weighted by atomic mass is 79.9. The van der Waals surface area contributed by atoms with Crippen molar-refractivity contribution in [2.24, 2.45) is 0 Å². The minimum atomic E-state index is 0.836. The SMILES string of the molecule is C/C=C/CCNc1cc(Br)nc(CC)n1. The molecule has 0 spiro atoms. The summed E-state index contributed by atoms with van der Waals surface area (Å²) in [5, 5.41) is 3.26. The van der Waals surface area contributed by atoms with Crippen LogP contribution in [0.1, 0.15) is 26.1 Å². The first kappa shape index (κ1) is 12.2. The highest BCUT2D eigenvalue weighted by Crippen LogP contribution is 2.12. The number of anilines is 1. The monoisotopic (exact) mass is 269 g/mol. The summed E-state index contributed by atoms with van der Waals surface area (Å²) in [6.07, 6.45) is 6.04. The lowest BCUT2D eigenvalue weighted by molar-refractivity contribution is 0.919. The largest absolute Gasteiger partial charge is 0.370 e. The second-order valence-corrected chi connectivity index (χ2v) is 3.94. The first-order valence-electron chi connectivity index (χ1n) is 5.14. The summed E-state index contributed by atoms with van der Waals surface area (Å²) >= 11 is 3.37.